The zero-order chi connectivity index (χ0) is 15.5. The Balaban J connectivity index is 1.69. The van der Waals surface area contributed by atoms with Gasteiger partial charge in [0.15, 0.2) is 0 Å². The van der Waals surface area contributed by atoms with Gasteiger partial charge in [-0.3, -0.25) is 4.90 Å². The van der Waals surface area contributed by atoms with Gasteiger partial charge >= 0.3 is 0 Å². The SMILES string of the molecule is c1ccc(-n2cc(CN3CCOCC3)c(-c3cccs3)n2)cc1. The van der Waals surface area contributed by atoms with Crippen molar-refractivity contribution < 1.29 is 4.74 Å². The van der Waals surface area contributed by atoms with E-state index in [9.17, 15) is 0 Å². The van der Waals surface area contributed by atoms with E-state index in [0.29, 0.717) is 0 Å². The third-order valence-corrected chi connectivity index (χ3v) is 4.94. The van der Waals surface area contributed by atoms with Crippen LogP contribution in [0.1, 0.15) is 5.56 Å². The van der Waals surface area contributed by atoms with Crippen molar-refractivity contribution in [2.75, 3.05) is 26.3 Å². The number of morpholine rings is 1. The van der Waals surface area contributed by atoms with E-state index in [1.165, 1.54) is 10.4 Å². The summed E-state index contributed by atoms with van der Waals surface area (Å²) in [6.45, 7) is 4.53. The molecule has 3 heterocycles. The van der Waals surface area contributed by atoms with Gasteiger partial charge in [-0.25, -0.2) is 4.68 Å². The molecular formula is C18H19N3OS. The number of nitrogens with zero attached hydrogens (tertiary/aromatic N) is 3. The van der Waals surface area contributed by atoms with Gasteiger partial charge in [0.25, 0.3) is 0 Å². The summed E-state index contributed by atoms with van der Waals surface area (Å²) in [5.41, 5.74) is 3.46. The number of hydrogen-bond acceptors (Lipinski definition) is 4. The van der Waals surface area contributed by atoms with E-state index in [4.69, 9.17) is 9.84 Å². The van der Waals surface area contributed by atoms with Gasteiger partial charge in [-0.2, -0.15) is 5.10 Å². The van der Waals surface area contributed by atoms with Gasteiger partial charge in [0, 0.05) is 31.4 Å². The molecule has 0 N–H and O–H groups in total. The number of rotatable bonds is 4. The molecule has 0 unspecified atom stereocenters. The number of ether oxygens (including phenoxy) is 1. The molecule has 23 heavy (non-hydrogen) atoms. The molecule has 4 nitrogen and oxygen atoms in total. The second-order valence-electron chi connectivity index (χ2n) is 5.65. The molecule has 1 aromatic carbocycles. The molecular weight excluding hydrogens is 306 g/mol. The van der Waals surface area contributed by atoms with E-state index in [-0.39, 0.29) is 0 Å². The van der Waals surface area contributed by atoms with Crippen molar-refractivity contribution in [1.82, 2.24) is 14.7 Å². The Morgan fingerprint density at radius 1 is 1.04 bits per heavy atom. The Labute approximate surface area is 139 Å². The zero-order valence-electron chi connectivity index (χ0n) is 12.9. The second kappa shape index (κ2) is 6.66. The van der Waals surface area contributed by atoms with Crippen LogP contribution in [0.3, 0.4) is 0 Å². The summed E-state index contributed by atoms with van der Waals surface area (Å²) in [6.07, 6.45) is 2.17. The first-order valence-corrected chi connectivity index (χ1v) is 8.76. The molecule has 1 aliphatic heterocycles. The van der Waals surface area contributed by atoms with Gasteiger partial charge in [-0.15, -0.1) is 11.3 Å². The van der Waals surface area contributed by atoms with Crippen LogP contribution in [-0.4, -0.2) is 41.0 Å². The van der Waals surface area contributed by atoms with Crippen LogP contribution in [0, 0.1) is 0 Å². The van der Waals surface area contributed by atoms with E-state index in [2.05, 4.69) is 40.7 Å². The largest absolute Gasteiger partial charge is 0.379 e. The van der Waals surface area contributed by atoms with Crippen LogP contribution >= 0.6 is 11.3 Å². The first-order valence-electron chi connectivity index (χ1n) is 7.88. The Bertz CT molecular complexity index is 746. The Morgan fingerprint density at radius 2 is 1.87 bits per heavy atom. The summed E-state index contributed by atoms with van der Waals surface area (Å²) in [7, 11) is 0. The predicted molar refractivity (Wildman–Crippen MR) is 93.0 cm³/mol. The first kappa shape index (κ1) is 14.6. The van der Waals surface area contributed by atoms with E-state index in [1.807, 2.05) is 22.9 Å². The molecule has 2 aromatic heterocycles. The maximum atomic E-state index is 5.45. The minimum absolute atomic E-state index is 0.821. The normalized spacial score (nSPS) is 15.8. The third kappa shape index (κ3) is 3.22. The number of benzene rings is 1. The molecule has 0 amide bonds. The van der Waals surface area contributed by atoms with Crippen LogP contribution in [0.4, 0.5) is 0 Å². The van der Waals surface area contributed by atoms with Crippen LogP contribution in [0.2, 0.25) is 0 Å². The second-order valence-corrected chi connectivity index (χ2v) is 6.60. The molecule has 1 aliphatic rings. The fourth-order valence-electron chi connectivity index (χ4n) is 2.86. The summed E-state index contributed by atoms with van der Waals surface area (Å²) in [4.78, 5) is 3.66. The van der Waals surface area contributed by atoms with Crippen molar-refractivity contribution in [3.05, 3.63) is 59.6 Å². The van der Waals surface area contributed by atoms with Gasteiger partial charge in [0.05, 0.1) is 23.8 Å². The predicted octanol–water partition coefficient (Wildman–Crippen LogP) is 3.43. The Morgan fingerprint density at radius 3 is 2.61 bits per heavy atom. The van der Waals surface area contributed by atoms with Crippen LogP contribution in [0.5, 0.6) is 0 Å². The maximum Gasteiger partial charge on any atom is 0.107 e. The van der Waals surface area contributed by atoms with E-state index < -0.39 is 0 Å². The molecule has 0 bridgehead atoms. The van der Waals surface area contributed by atoms with Crippen LogP contribution < -0.4 is 0 Å². The van der Waals surface area contributed by atoms with E-state index >= 15 is 0 Å². The fraction of sp³-hybridized carbons (Fsp3) is 0.278. The standard InChI is InChI=1S/C18H19N3OS/c1-2-5-16(6-3-1)21-14-15(13-20-8-10-22-11-9-20)18(19-21)17-7-4-12-23-17/h1-7,12,14H,8-11,13H2. The number of aromatic nitrogens is 2. The lowest BCUT2D eigenvalue weighted by atomic mass is 10.2. The molecule has 3 aromatic rings. The van der Waals surface area contributed by atoms with Gasteiger partial charge in [0.2, 0.25) is 0 Å². The highest BCUT2D eigenvalue weighted by molar-refractivity contribution is 7.13. The van der Waals surface area contributed by atoms with Gasteiger partial charge < -0.3 is 4.74 Å². The Kier molecular flexibility index (Phi) is 4.24. The number of hydrogen-bond donors (Lipinski definition) is 0. The fourth-order valence-corrected chi connectivity index (χ4v) is 3.60. The highest BCUT2D eigenvalue weighted by Crippen LogP contribution is 2.28. The van der Waals surface area contributed by atoms with Crippen molar-refractivity contribution in [3.8, 4) is 16.3 Å². The smallest absolute Gasteiger partial charge is 0.107 e. The van der Waals surface area contributed by atoms with Gasteiger partial charge in [-0.05, 0) is 23.6 Å². The molecule has 4 rings (SSSR count). The van der Waals surface area contributed by atoms with Gasteiger partial charge in [0.1, 0.15) is 5.69 Å². The monoisotopic (exact) mass is 325 g/mol. The summed E-state index contributed by atoms with van der Waals surface area (Å²) in [5.74, 6) is 0. The molecule has 0 atom stereocenters. The lowest BCUT2D eigenvalue weighted by molar-refractivity contribution is 0.0342. The minimum Gasteiger partial charge on any atom is -0.379 e. The van der Waals surface area contributed by atoms with E-state index in [1.54, 1.807) is 11.3 Å². The van der Waals surface area contributed by atoms with Crippen LogP contribution in [-0.2, 0) is 11.3 Å². The molecule has 0 aliphatic carbocycles. The summed E-state index contributed by atoms with van der Waals surface area (Å²) in [6, 6.07) is 14.5. The zero-order valence-corrected chi connectivity index (χ0v) is 13.7. The average Bonchev–Trinajstić information content (AvgIpc) is 3.26. The summed E-state index contributed by atoms with van der Waals surface area (Å²) in [5, 5.41) is 6.96. The quantitative estimate of drug-likeness (QED) is 0.736. The van der Waals surface area contributed by atoms with E-state index in [0.717, 1.165) is 44.2 Å². The minimum atomic E-state index is 0.821. The molecule has 118 valence electrons. The topological polar surface area (TPSA) is 30.3 Å². The van der Waals surface area contributed by atoms with Crippen LogP contribution in [0.25, 0.3) is 16.3 Å². The van der Waals surface area contributed by atoms with Gasteiger partial charge in [-0.1, -0.05) is 24.3 Å². The summed E-state index contributed by atoms with van der Waals surface area (Å²) >= 11 is 1.74. The molecule has 1 fully saturated rings. The van der Waals surface area contributed by atoms with Crippen LogP contribution in [0.15, 0.2) is 54.0 Å². The number of para-hydroxylation sites is 1. The molecule has 0 saturated carbocycles. The van der Waals surface area contributed by atoms with Crippen molar-refractivity contribution >= 4 is 11.3 Å². The molecule has 0 spiro atoms. The van der Waals surface area contributed by atoms with Crippen molar-refractivity contribution in [3.63, 3.8) is 0 Å². The third-order valence-electron chi connectivity index (χ3n) is 4.06. The van der Waals surface area contributed by atoms with Crippen molar-refractivity contribution in [2.24, 2.45) is 0 Å². The molecule has 5 heteroatoms. The maximum absolute atomic E-state index is 5.45. The average molecular weight is 325 g/mol. The summed E-state index contributed by atoms with van der Waals surface area (Å²) < 4.78 is 7.44. The van der Waals surface area contributed by atoms with Crippen molar-refractivity contribution in [2.45, 2.75) is 6.54 Å². The highest BCUT2D eigenvalue weighted by Gasteiger charge is 2.17. The Hall–Kier alpha value is -1.95. The lowest BCUT2D eigenvalue weighted by Crippen LogP contribution is -2.35. The number of thiophene rings is 1. The molecule has 1 saturated heterocycles. The van der Waals surface area contributed by atoms with Crippen molar-refractivity contribution in [1.29, 1.82) is 0 Å². The highest BCUT2D eigenvalue weighted by atomic mass is 32.1. The first-order chi connectivity index (χ1) is 11.4. The molecule has 0 radical (unpaired) electrons. The lowest BCUT2D eigenvalue weighted by Gasteiger charge is -2.26.